The molecule has 0 aliphatic carbocycles. The van der Waals surface area contributed by atoms with Crippen LogP contribution in [0, 0.1) is 0 Å². The standard InChI is InChI=1S/C5H10O2.C3H8O2.CH4O/c6-4-5-2-1-3-7-5;1-3(2,4)5;1-2/h5-6H,1-4H2;4-5H,1-2H3;2H,1H3. The first kappa shape index (κ1) is 16.2. The zero-order chi connectivity index (χ0) is 11.6. The minimum Gasteiger partial charge on any atom is -0.400 e. The summed E-state index contributed by atoms with van der Waals surface area (Å²) in [5.74, 6) is -1.50. The second-order valence-electron chi connectivity index (χ2n) is 3.31. The quantitative estimate of drug-likeness (QED) is 0.437. The Labute approximate surface area is 85.0 Å². The van der Waals surface area contributed by atoms with Crippen LogP contribution in [-0.2, 0) is 4.74 Å². The van der Waals surface area contributed by atoms with E-state index in [-0.39, 0.29) is 12.7 Å². The van der Waals surface area contributed by atoms with Gasteiger partial charge in [-0.15, -0.1) is 0 Å². The van der Waals surface area contributed by atoms with Crippen LogP contribution in [0.5, 0.6) is 0 Å². The van der Waals surface area contributed by atoms with Gasteiger partial charge < -0.3 is 25.2 Å². The lowest BCUT2D eigenvalue weighted by Gasteiger charge is -2.03. The monoisotopic (exact) mass is 210 g/mol. The fourth-order valence-electron chi connectivity index (χ4n) is 0.788. The van der Waals surface area contributed by atoms with E-state index in [1.54, 1.807) is 0 Å². The first-order valence-electron chi connectivity index (χ1n) is 4.55. The highest BCUT2D eigenvalue weighted by Crippen LogP contribution is 2.09. The molecule has 14 heavy (non-hydrogen) atoms. The van der Waals surface area contributed by atoms with Crippen molar-refractivity contribution in [2.45, 2.75) is 38.6 Å². The minimum absolute atomic E-state index is 0.153. The molecule has 1 aliphatic heterocycles. The summed E-state index contributed by atoms with van der Waals surface area (Å²) in [5.41, 5.74) is 0. The van der Waals surface area contributed by atoms with Crippen molar-refractivity contribution in [2.24, 2.45) is 0 Å². The van der Waals surface area contributed by atoms with Crippen LogP contribution in [0.25, 0.3) is 0 Å². The van der Waals surface area contributed by atoms with E-state index < -0.39 is 5.79 Å². The average molecular weight is 210 g/mol. The largest absolute Gasteiger partial charge is 0.400 e. The summed E-state index contributed by atoms with van der Waals surface area (Å²) in [4.78, 5) is 0. The van der Waals surface area contributed by atoms with E-state index in [1.807, 2.05) is 0 Å². The van der Waals surface area contributed by atoms with Gasteiger partial charge in [0, 0.05) is 13.7 Å². The lowest BCUT2D eigenvalue weighted by atomic mass is 10.2. The Kier molecular flexibility index (Phi) is 10.9. The molecule has 1 saturated heterocycles. The Bertz CT molecular complexity index is 98.3. The summed E-state index contributed by atoms with van der Waals surface area (Å²) in [6, 6.07) is 0. The van der Waals surface area contributed by atoms with Crippen molar-refractivity contribution in [1.82, 2.24) is 0 Å². The SMILES string of the molecule is CC(C)(O)O.CO.OCC1CCCO1. The summed E-state index contributed by atoms with van der Waals surface area (Å²) in [6.45, 7) is 3.63. The Hall–Kier alpha value is -0.200. The number of aliphatic hydroxyl groups excluding tert-OH is 2. The topological polar surface area (TPSA) is 90.2 Å². The minimum atomic E-state index is -1.50. The summed E-state index contributed by atoms with van der Waals surface area (Å²) >= 11 is 0. The number of rotatable bonds is 1. The van der Waals surface area contributed by atoms with Gasteiger partial charge in [0.1, 0.15) is 0 Å². The molecule has 0 saturated carbocycles. The van der Waals surface area contributed by atoms with Crippen molar-refractivity contribution >= 4 is 0 Å². The molecule has 5 nitrogen and oxygen atoms in total. The van der Waals surface area contributed by atoms with Gasteiger partial charge in [0.25, 0.3) is 0 Å². The molecule has 1 aliphatic rings. The molecule has 0 amide bonds. The first-order valence-corrected chi connectivity index (χ1v) is 4.55. The predicted octanol–water partition coefficient (Wildman–Crippen LogP) is -0.527. The van der Waals surface area contributed by atoms with Crippen LogP contribution in [0.3, 0.4) is 0 Å². The van der Waals surface area contributed by atoms with Crippen molar-refractivity contribution in [2.75, 3.05) is 20.3 Å². The van der Waals surface area contributed by atoms with Crippen molar-refractivity contribution < 1.29 is 25.2 Å². The van der Waals surface area contributed by atoms with E-state index >= 15 is 0 Å². The molecule has 88 valence electrons. The first-order chi connectivity index (χ1) is 6.43. The van der Waals surface area contributed by atoms with Gasteiger partial charge in [-0.25, -0.2) is 0 Å². The number of hydrogen-bond acceptors (Lipinski definition) is 5. The molecule has 0 aromatic heterocycles. The fraction of sp³-hybridized carbons (Fsp3) is 1.00. The van der Waals surface area contributed by atoms with E-state index in [0.717, 1.165) is 26.6 Å². The maximum Gasteiger partial charge on any atom is 0.156 e. The third-order valence-corrected chi connectivity index (χ3v) is 1.23. The van der Waals surface area contributed by atoms with Crippen LogP contribution in [0.15, 0.2) is 0 Å². The lowest BCUT2D eigenvalue weighted by molar-refractivity contribution is -0.127. The molecule has 0 radical (unpaired) electrons. The predicted molar refractivity (Wildman–Crippen MR) is 52.7 cm³/mol. The van der Waals surface area contributed by atoms with Crippen LogP contribution >= 0.6 is 0 Å². The average Bonchev–Trinajstić information content (AvgIpc) is 2.56. The zero-order valence-electron chi connectivity index (χ0n) is 9.10. The number of hydrogen-bond donors (Lipinski definition) is 4. The van der Waals surface area contributed by atoms with Gasteiger partial charge in [0.05, 0.1) is 12.7 Å². The second kappa shape index (κ2) is 9.36. The van der Waals surface area contributed by atoms with E-state index in [9.17, 15) is 0 Å². The Balaban J connectivity index is 0. The lowest BCUT2D eigenvalue weighted by Crippen LogP contribution is -2.15. The molecule has 0 bridgehead atoms. The van der Waals surface area contributed by atoms with Gasteiger partial charge in [-0.2, -0.15) is 0 Å². The molecule has 0 aromatic carbocycles. The maximum absolute atomic E-state index is 8.44. The summed E-state index contributed by atoms with van der Waals surface area (Å²) in [7, 11) is 1.00. The number of ether oxygens (including phenoxy) is 1. The van der Waals surface area contributed by atoms with Crippen LogP contribution < -0.4 is 0 Å². The maximum atomic E-state index is 8.44. The Morgan fingerprint density at radius 2 is 1.71 bits per heavy atom. The van der Waals surface area contributed by atoms with E-state index in [0.29, 0.717) is 0 Å². The van der Waals surface area contributed by atoms with Crippen molar-refractivity contribution in [1.29, 1.82) is 0 Å². The normalized spacial score (nSPS) is 20.4. The smallest absolute Gasteiger partial charge is 0.156 e. The molecule has 1 unspecified atom stereocenters. The molecule has 0 aromatic rings. The summed E-state index contributed by atoms with van der Waals surface area (Å²) in [6.07, 6.45) is 2.31. The van der Waals surface area contributed by atoms with Gasteiger partial charge in [-0.1, -0.05) is 0 Å². The molecule has 4 N–H and O–H groups in total. The fourth-order valence-corrected chi connectivity index (χ4v) is 0.788. The molecular weight excluding hydrogens is 188 g/mol. The molecule has 1 rings (SSSR count). The van der Waals surface area contributed by atoms with Crippen LogP contribution in [-0.4, -0.2) is 52.6 Å². The van der Waals surface area contributed by atoms with Crippen LogP contribution in [0.2, 0.25) is 0 Å². The van der Waals surface area contributed by atoms with Crippen LogP contribution in [0.1, 0.15) is 26.7 Å². The van der Waals surface area contributed by atoms with Gasteiger partial charge >= 0.3 is 0 Å². The highest BCUT2D eigenvalue weighted by molar-refractivity contribution is 4.61. The summed E-state index contributed by atoms with van der Waals surface area (Å²) < 4.78 is 5.05. The van der Waals surface area contributed by atoms with E-state index in [2.05, 4.69) is 0 Å². The zero-order valence-corrected chi connectivity index (χ0v) is 9.10. The molecule has 1 atom stereocenters. The van der Waals surface area contributed by atoms with Crippen molar-refractivity contribution in [3.8, 4) is 0 Å². The molecule has 0 spiro atoms. The van der Waals surface area contributed by atoms with E-state index in [4.69, 9.17) is 25.2 Å². The van der Waals surface area contributed by atoms with E-state index in [1.165, 1.54) is 13.8 Å². The van der Waals surface area contributed by atoms with Gasteiger partial charge in [-0.3, -0.25) is 0 Å². The Morgan fingerprint density at radius 3 is 1.86 bits per heavy atom. The van der Waals surface area contributed by atoms with Gasteiger partial charge in [-0.05, 0) is 26.7 Å². The highest BCUT2D eigenvalue weighted by Gasteiger charge is 2.12. The highest BCUT2D eigenvalue weighted by atomic mass is 16.5. The van der Waals surface area contributed by atoms with Crippen molar-refractivity contribution in [3.05, 3.63) is 0 Å². The van der Waals surface area contributed by atoms with Gasteiger partial charge in [0.15, 0.2) is 5.79 Å². The molecule has 5 heteroatoms. The Morgan fingerprint density at radius 1 is 1.29 bits per heavy atom. The third-order valence-electron chi connectivity index (χ3n) is 1.23. The van der Waals surface area contributed by atoms with Gasteiger partial charge in [0.2, 0.25) is 0 Å². The molecule has 1 heterocycles. The number of aliphatic hydroxyl groups is 4. The third kappa shape index (κ3) is 17.8. The molecule has 1 fully saturated rings. The second-order valence-corrected chi connectivity index (χ2v) is 3.31. The van der Waals surface area contributed by atoms with Crippen LogP contribution in [0.4, 0.5) is 0 Å². The summed E-state index contributed by atoms with van der Waals surface area (Å²) in [5, 5.41) is 31.6. The molecular formula is C9H22O5. The van der Waals surface area contributed by atoms with Crippen molar-refractivity contribution in [3.63, 3.8) is 0 Å².